The first kappa shape index (κ1) is 15.0. The summed E-state index contributed by atoms with van der Waals surface area (Å²) in [6.07, 6.45) is 0. The molecular weight excluding hydrogens is 394 g/mol. The van der Waals surface area contributed by atoms with Gasteiger partial charge in [-0.05, 0) is 70.2 Å². The van der Waals surface area contributed by atoms with Crippen LogP contribution in [-0.2, 0) is 0 Å². The summed E-state index contributed by atoms with van der Waals surface area (Å²) >= 11 is 13.1. The van der Waals surface area contributed by atoms with E-state index in [-0.39, 0.29) is 10.6 Å². The van der Waals surface area contributed by atoms with Crippen LogP contribution in [0.4, 0.5) is 4.39 Å². The summed E-state index contributed by atoms with van der Waals surface area (Å²) in [6, 6.07) is 8.99. The van der Waals surface area contributed by atoms with Crippen LogP contribution in [0.3, 0.4) is 0 Å². The molecule has 4 heteroatoms. The van der Waals surface area contributed by atoms with E-state index in [2.05, 4.69) is 44.8 Å². The van der Waals surface area contributed by atoms with E-state index in [0.717, 1.165) is 16.7 Å². The first-order valence-corrected chi connectivity index (χ1v) is 7.84. The van der Waals surface area contributed by atoms with Gasteiger partial charge in [-0.25, -0.2) is 4.39 Å². The van der Waals surface area contributed by atoms with Crippen molar-refractivity contribution in [2.75, 3.05) is 0 Å². The number of halogens is 4. The average Bonchev–Trinajstić information content (AvgIpc) is 2.36. The van der Waals surface area contributed by atoms with Crippen molar-refractivity contribution in [3.8, 4) is 0 Å². The predicted octanol–water partition coefficient (Wildman–Crippen LogP) is 6.34. The lowest BCUT2D eigenvalue weighted by molar-refractivity contribution is 0.620. The topological polar surface area (TPSA) is 0 Å². The van der Waals surface area contributed by atoms with Crippen molar-refractivity contribution in [3.05, 3.63) is 67.9 Å². The molecule has 0 radical (unpaired) electrons. The lowest BCUT2D eigenvalue weighted by Gasteiger charge is -2.15. The maximum Gasteiger partial charge on any atom is 0.137 e. The molecule has 0 aromatic heterocycles. The van der Waals surface area contributed by atoms with E-state index in [9.17, 15) is 4.39 Å². The van der Waals surface area contributed by atoms with Gasteiger partial charge in [-0.3, -0.25) is 0 Å². The van der Waals surface area contributed by atoms with Gasteiger partial charge in [-0.2, -0.15) is 0 Å². The monoisotopic (exact) mass is 404 g/mol. The molecule has 0 aliphatic heterocycles. The molecule has 100 valence electrons. The van der Waals surface area contributed by atoms with Crippen LogP contribution in [0.1, 0.15) is 27.1 Å². The lowest BCUT2D eigenvalue weighted by atomic mass is 10.0. The standard InChI is InChI=1S/C15H12Br2ClF/c1-8-5-11(13(18)6-9(8)2)15(17)10-3-4-14(19)12(16)7-10/h3-7,15H,1-2H3. The summed E-state index contributed by atoms with van der Waals surface area (Å²) in [5, 5.41) is 0.713. The van der Waals surface area contributed by atoms with Gasteiger partial charge >= 0.3 is 0 Å². The van der Waals surface area contributed by atoms with E-state index >= 15 is 0 Å². The third-order valence-electron chi connectivity index (χ3n) is 3.12. The molecule has 0 saturated heterocycles. The normalized spacial score (nSPS) is 12.5. The average molecular weight is 407 g/mol. The second-order valence-corrected chi connectivity index (χ2v) is 6.67. The van der Waals surface area contributed by atoms with Crippen LogP contribution in [0.15, 0.2) is 34.8 Å². The Morgan fingerprint density at radius 2 is 1.74 bits per heavy atom. The van der Waals surface area contributed by atoms with Gasteiger partial charge in [0.2, 0.25) is 0 Å². The van der Waals surface area contributed by atoms with Crippen molar-refractivity contribution >= 4 is 43.5 Å². The van der Waals surface area contributed by atoms with Crippen LogP contribution in [-0.4, -0.2) is 0 Å². The Morgan fingerprint density at radius 3 is 2.37 bits per heavy atom. The molecule has 1 unspecified atom stereocenters. The Hall–Kier alpha value is -0.380. The molecule has 0 spiro atoms. The van der Waals surface area contributed by atoms with Gasteiger partial charge in [-0.1, -0.05) is 39.7 Å². The predicted molar refractivity (Wildman–Crippen MR) is 85.8 cm³/mol. The molecule has 19 heavy (non-hydrogen) atoms. The number of rotatable bonds is 2. The van der Waals surface area contributed by atoms with Crippen LogP contribution < -0.4 is 0 Å². The first-order chi connectivity index (χ1) is 8.90. The summed E-state index contributed by atoms with van der Waals surface area (Å²) in [5.74, 6) is -0.269. The molecule has 2 aromatic rings. The summed E-state index contributed by atoms with van der Waals surface area (Å²) in [5.41, 5.74) is 4.29. The van der Waals surface area contributed by atoms with E-state index in [4.69, 9.17) is 11.6 Å². The van der Waals surface area contributed by atoms with E-state index in [1.807, 2.05) is 13.0 Å². The largest absolute Gasteiger partial charge is 0.206 e. The number of hydrogen-bond donors (Lipinski definition) is 0. The van der Waals surface area contributed by atoms with Crippen molar-refractivity contribution in [1.29, 1.82) is 0 Å². The molecule has 0 fully saturated rings. The summed E-state index contributed by atoms with van der Waals surface area (Å²) in [4.78, 5) is -0.0591. The van der Waals surface area contributed by atoms with Crippen molar-refractivity contribution < 1.29 is 4.39 Å². The van der Waals surface area contributed by atoms with Crippen LogP contribution >= 0.6 is 43.5 Å². The van der Waals surface area contributed by atoms with Gasteiger partial charge in [0.15, 0.2) is 0 Å². The zero-order valence-corrected chi connectivity index (χ0v) is 14.4. The maximum atomic E-state index is 13.3. The van der Waals surface area contributed by atoms with Gasteiger partial charge in [0.25, 0.3) is 0 Å². The molecule has 0 saturated carbocycles. The number of benzene rings is 2. The Kier molecular flexibility index (Phi) is 4.70. The second kappa shape index (κ2) is 5.94. The zero-order chi connectivity index (χ0) is 14.2. The highest BCUT2D eigenvalue weighted by Gasteiger charge is 2.16. The molecule has 0 bridgehead atoms. The molecule has 0 heterocycles. The number of alkyl halides is 1. The SMILES string of the molecule is Cc1cc(Cl)c(C(Br)c2ccc(F)c(Br)c2)cc1C. The molecule has 0 nitrogen and oxygen atoms in total. The van der Waals surface area contributed by atoms with Gasteiger partial charge < -0.3 is 0 Å². The Bertz CT molecular complexity index is 626. The van der Waals surface area contributed by atoms with Gasteiger partial charge in [0, 0.05) is 5.02 Å². The molecule has 0 amide bonds. The summed E-state index contributed by atoms with van der Waals surface area (Å²) in [6.45, 7) is 4.08. The Balaban J connectivity index is 2.46. The molecule has 0 N–H and O–H groups in total. The van der Waals surface area contributed by atoms with Gasteiger partial charge in [-0.15, -0.1) is 0 Å². The van der Waals surface area contributed by atoms with Crippen LogP contribution in [0.2, 0.25) is 5.02 Å². The number of hydrogen-bond acceptors (Lipinski definition) is 0. The van der Waals surface area contributed by atoms with Gasteiger partial charge in [0.1, 0.15) is 5.82 Å². The van der Waals surface area contributed by atoms with Crippen molar-refractivity contribution in [2.45, 2.75) is 18.7 Å². The fourth-order valence-corrected chi connectivity index (χ4v) is 3.37. The lowest BCUT2D eigenvalue weighted by Crippen LogP contribution is -1.97. The second-order valence-electron chi connectivity index (χ2n) is 4.49. The molecule has 2 aromatic carbocycles. The highest BCUT2D eigenvalue weighted by atomic mass is 79.9. The third-order valence-corrected chi connectivity index (χ3v) is 5.08. The molecular formula is C15H12Br2ClF. The highest BCUT2D eigenvalue weighted by molar-refractivity contribution is 9.10. The quantitative estimate of drug-likeness (QED) is 0.510. The summed E-state index contributed by atoms with van der Waals surface area (Å²) < 4.78 is 13.7. The van der Waals surface area contributed by atoms with Crippen molar-refractivity contribution in [2.24, 2.45) is 0 Å². The minimum atomic E-state index is -0.269. The summed E-state index contributed by atoms with van der Waals surface area (Å²) in [7, 11) is 0. The van der Waals surface area contributed by atoms with Crippen LogP contribution in [0, 0.1) is 19.7 Å². The third kappa shape index (κ3) is 3.21. The van der Waals surface area contributed by atoms with E-state index in [0.29, 0.717) is 9.50 Å². The van der Waals surface area contributed by atoms with E-state index in [1.165, 1.54) is 11.6 Å². The minimum Gasteiger partial charge on any atom is -0.206 e. The Labute approximate surface area is 134 Å². The highest BCUT2D eigenvalue weighted by Crippen LogP contribution is 2.37. The van der Waals surface area contributed by atoms with Crippen LogP contribution in [0.5, 0.6) is 0 Å². The molecule has 2 rings (SSSR count). The van der Waals surface area contributed by atoms with E-state index < -0.39 is 0 Å². The molecule has 1 atom stereocenters. The van der Waals surface area contributed by atoms with Crippen molar-refractivity contribution in [3.63, 3.8) is 0 Å². The fraction of sp³-hybridized carbons (Fsp3) is 0.200. The fourth-order valence-electron chi connectivity index (χ4n) is 1.85. The van der Waals surface area contributed by atoms with Crippen LogP contribution in [0.25, 0.3) is 0 Å². The first-order valence-electron chi connectivity index (χ1n) is 5.76. The number of aryl methyl sites for hydroxylation is 2. The van der Waals surface area contributed by atoms with E-state index in [1.54, 1.807) is 12.1 Å². The molecule has 0 aliphatic carbocycles. The maximum absolute atomic E-state index is 13.3. The Morgan fingerprint density at radius 1 is 1.11 bits per heavy atom. The smallest absolute Gasteiger partial charge is 0.137 e. The molecule has 0 aliphatic rings. The van der Waals surface area contributed by atoms with Crippen molar-refractivity contribution in [1.82, 2.24) is 0 Å². The van der Waals surface area contributed by atoms with Gasteiger partial charge in [0.05, 0.1) is 9.30 Å². The zero-order valence-electron chi connectivity index (χ0n) is 10.5. The minimum absolute atomic E-state index is 0.0591.